The van der Waals surface area contributed by atoms with Crippen molar-refractivity contribution in [2.24, 2.45) is 0 Å². The van der Waals surface area contributed by atoms with Crippen LogP contribution in [0.25, 0.3) is 16.9 Å². The minimum Gasteiger partial charge on any atom is -0.378 e. The molecule has 1 atom stereocenters. The van der Waals surface area contributed by atoms with Gasteiger partial charge in [-0.2, -0.15) is 0 Å². The lowest BCUT2D eigenvalue weighted by molar-refractivity contribution is 0.122. The summed E-state index contributed by atoms with van der Waals surface area (Å²) in [5.41, 5.74) is 13.8. The Kier molecular flexibility index (Phi) is 4.66. The third-order valence-electron chi connectivity index (χ3n) is 6.12. The van der Waals surface area contributed by atoms with E-state index in [1.807, 2.05) is 16.8 Å². The summed E-state index contributed by atoms with van der Waals surface area (Å²) in [5.74, 6) is 0.728. The highest BCUT2D eigenvalue weighted by molar-refractivity contribution is 5.76. The van der Waals surface area contributed by atoms with Crippen molar-refractivity contribution in [1.29, 1.82) is 0 Å². The molecular weight excluding hydrogens is 402 g/mol. The summed E-state index contributed by atoms with van der Waals surface area (Å²) in [5, 5.41) is 3.47. The van der Waals surface area contributed by atoms with Crippen LogP contribution < -0.4 is 21.1 Å². The van der Waals surface area contributed by atoms with Crippen molar-refractivity contribution in [3.05, 3.63) is 66.6 Å². The number of imidazole rings is 1. The molecule has 8 nitrogen and oxygen atoms in total. The van der Waals surface area contributed by atoms with Crippen LogP contribution in [0.3, 0.4) is 0 Å². The van der Waals surface area contributed by atoms with Crippen LogP contribution in [0.4, 0.5) is 22.9 Å². The average molecular weight is 428 g/mol. The molecule has 0 saturated carbocycles. The Balaban J connectivity index is 1.31. The molecule has 2 aliphatic heterocycles. The number of fused-ring (bicyclic) bond motifs is 2. The topological polar surface area (TPSA) is 78.8 Å². The van der Waals surface area contributed by atoms with Crippen LogP contribution in [-0.2, 0) is 4.74 Å². The van der Waals surface area contributed by atoms with E-state index in [4.69, 9.17) is 9.72 Å². The largest absolute Gasteiger partial charge is 0.378 e. The third-order valence-corrected chi connectivity index (χ3v) is 6.12. The van der Waals surface area contributed by atoms with Gasteiger partial charge in [0.05, 0.1) is 30.6 Å². The standard InChI is InChI=1S/C24H25N7O/c1-16-20-7-2-17(14-21(20)29-28-16)22-15-31-9-8-25-24(31)23(27-22)26-18-3-5-19(6-4-18)30-10-12-32-13-11-30/h2-9,14-16,28-29H,10-13H2,1H3,(H,26,27). The van der Waals surface area contributed by atoms with Crippen LogP contribution >= 0.6 is 0 Å². The van der Waals surface area contributed by atoms with Gasteiger partial charge in [0.1, 0.15) is 0 Å². The first-order chi connectivity index (χ1) is 15.7. The van der Waals surface area contributed by atoms with Crippen LogP contribution in [0.1, 0.15) is 18.5 Å². The first kappa shape index (κ1) is 19.1. The van der Waals surface area contributed by atoms with E-state index in [1.165, 1.54) is 11.3 Å². The average Bonchev–Trinajstić information content (AvgIpc) is 3.47. The third kappa shape index (κ3) is 3.43. The van der Waals surface area contributed by atoms with Crippen LogP contribution in [0, 0.1) is 0 Å². The molecule has 162 valence electrons. The number of anilines is 4. The van der Waals surface area contributed by atoms with Crippen molar-refractivity contribution in [1.82, 2.24) is 19.8 Å². The van der Waals surface area contributed by atoms with Gasteiger partial charge < -0.3 is 24.8 Å². The van der Waals surface area contributed by atoms with Gasteiger partial charge >= 0.3 is 0 Å². The number of nitrogens with zero attached hydrogens (tertiary/aromatic N) is 4. The van der Waals surface area contributed by atoms with Gasteiger partial charge in [-0.1, -0.05) is 12.1 Å². The lowest BCUT2D eigenvalue weighted by Crippen LogP contribution is -2.36. The number of rotatable bonds is 4. The molecule has 0 amide bonds. The summed E-state index contributed by atoms with van der Waals surface area (Å²) in [6.45, 7) is 5.55. The molecule has 6 rings (SSSR count). The number of nitrogens with one attached hydrogen (secondary N) is 3. The zero-order chi connectivity index (χ0) is 21.5. The first-order valence-electron chi connectivity index (χ1n) is 10.9. The minimum atomic E-state index is 0.292. The van der Waals surface area contributed by atoms with Gasteiger partial charge in [-0.05, 0) is 42.8 Å². The van der Waals surface area contributed by atoms with E-state index in [-0.39, 0.29) is 0 Å². The molecule has 2 aromatic heterocycles. The first-order valence-corrected chi connectivity index (χ1v) is 10.9. The second-order valence-electron chi connectivity index (χ2n) is 8.20. The van der Waals surface area contributed by atoms with E-state index >= 15 is 0 Å². The van der Waals surface area contributed by atoms with Gasteiger partial charge in [0.25, 0.3) is 0 Å². The van der Waals surface area contributed by atoms with Gasteiger partial charge in [0, 0.05) is 48.6 Å². The Bertz CT molecular complexity index is 1260. The summed E-state index contributed by atoms with van der Waals surface area (Å²) < 4.78 is 7.46. The van der Waals surface area contributed by atoms with E-state index in [9.17, 15) is 0 Å². The Hall–Kier alpha value is -3.62. The number of morpholine rings is 1. The second kappa shape index (κ2) is 7.81. The van der Waals surface area contributed by atoms with Crippen molar-refractivity contribution < 1.29 is 4.74 Å². The zero-order valence-electron chi connectivity index (χ0n) is 17.9. The molecule has 2 aliphatic rings. The molecule has 1 fully saturated rings. The summed E-state index contributed by atoms with van der Waals surface area (Å²) in [6, 6.07) is 15.2. The molecule has 0 bridgehead atoms. The molecule has 4 heterocycles. The normalized spacial score (nSPS) is 17.9. The molecule has 3 N–H and O–H groups in total. The molecule has 8 heteroatoms. The van der Waals surface area contributed by atoms with E-state index in [2.05, 4.69) is 75.4 Å². The van der Waals surface area contributed by atoms with E-state index in [0.717, 1.165) is 60.4 Å². The van der Waals surface area contributed by atoms with Crippen molar-refractivity contribution in [3.8, 4) is 11.3 Å². The maximum Gasteiger partial charge on any atom is 0.180 e. The SMILES string of the molecule is CC1NNc2cc(-c3cn4ccnc4c(Nc4ccc(N5CCOCC5)cc4)n3)ccc21. The lowest BCUT2D eigenvalue weighted by atomic mass is 10.0. The van der Waals surface area contributed by atoms with Crippen molar-refractivity contribution in [3.63, 3.8) is 0 Å². The van der Waals surface area contributed by atoms with Crippen molar-refractivity contribution >= 4 is 28.5 Å². The summed E-state index contributed by atoms with van der Waals surface area (Å²) in [7, 11) is 0. The number of benzene rings is 2. The Labute approximate surface area is 186 Å². The molecule has 1 unspecified atom stereocenters. The molecule has 1 saturated heterocycles. The molecule has 0 radical (unpaired) electrons. The predicted octanol–water partition coefficient (Wildman–Crippen LogP) is 3.97. The maximum atomic E-state index is 5.46. The smallest absolute Gasteiger partial charge is 0.180 e. The highest BCUT2D eigenvalue weighted by atomic mass is 16.5. The number of ether oxygens (including phenoxy) is 1. The second-order valence-corrected chi connectivity index (χ2v) is 8.20. The van der Waals surface area contributed by atoms with E-state index < -0.39 is 0 Å². The molecule has 0 aliphatic carbocycles. The molecule has 2 aromatic carbocycles. The fraction of sp³-hybridized carbons (Fsp3) is 0.250. The van der Waals surface area contributed by atoms with Gasteiger partial charge in [0.2, 0.25) is 0 Å². The Morgan fingerprint density at radius 2 is 1.94 bits per heavy atom. The fourth-order valence-corrected chi connectivity index (χ4v) is 4.33. The van der Waals surface area contributed by atoms with Crippen molar-refractivity contribution in [2.75, 3.05) is 41.9 Å². The number of hydrazine groups is 1. The predicted molar refractivity (Wildman–Crippen MR) is 126 cm³/mol. The monoisotopic (exact) mass is 427 g/mol. The summed E-state index contributed by atoms with van der Waals surface area (Å²) in [6.07, 6.45) is 5.76. The maximum absolute atomic E-state index is 5.46. The van der Waals surface area contributed by atoms with Gasteiger partial charge in [-0.25, -0.2) is 15.4 Å². The number of hydrogen-bond donors (Lipinski definition) is 3. The van der Waals surface area contributed by atoms with Crippen LogP contribution in [-0.4, -0.2) is 40.7 Å². The molecule has 4 aromatic rings. The highest BCUT2D eigenvalue weighted by Gasteiger charge is 2.19. The molecule has 0 spiro atoms. The van der Waals surface area contributed by atoms with Crippen LogP contribution in [0.5, 0.6) is 0 Å². The van der Waals surface area contributed by atoms with Gasteiger partial charge in [-0.15, -0.1) is 0 Å². The van der Waals surface area contributed by atoms with Crippen LogP contribution in [0.2, 0.25) is 0 Å². The van der Waals surface area contributed by atoms with E-state index in [1.54, 1.807) is 6.20 Å². The lowest BCUT2D eigenvalue weighted by Gasteiger charge is -2.28. The van der Waals surface area contributed by atoms with Gasteiger partial charge in [0.15, 0.2) is 11.5 Å². The molecular formula is C24H25N7O. The number of hydrogen-bond acceptors (Lipinski definition) is 7. The highest BCUT2D eigenvalue weighted by Crippen LogP contribution is 2.33. The Morgan fingerprint density at radius 3 is 2.78 bits per heavy atom. The quantitative estimate of drug-likeness (QED) is 0.455. The van der Waals surface area contributed by atoms with Crippen molar-refractivity contribution in [2.45, 2.75) is 13.0 Å². The van der Waals surface area contributed by atoms with Crippen LogP contribution in [0.15, 0.2) is 61.1 Å². The summed E-state index contributed by atoms with van der Waals surface area (Å²) in [4.78, 5) is 11.8. The Morgan fingerprint density at radius 1 is 1.09 bits per heavy atom. The number of aromatic nitrogens is 3. The molecule has 32 heavy (non-hydrogen) atoms. The van der Waals surface area contributed by atoms with E-state index in [0.29, 0.717) is 6.04 Å². The fourth-order valence-electron chi connectivity index (χ4n) is 4.33. The minimum absolute atomic E-state index is 0.292. The van der Waals surface area contributed by atoms with Gasteiger partial charge in [-0.3, -0.25) is 0 Å². The zero-order valence-corrected chi connectivity index (χ0v) is 17.9. The summed E-state index contributed by atoms with van der Waals surface area (Å²) >= 11 is 0.